The third kappa shape index (κ3) is 7.74. The number of hydrogen-bond donors (Lipinski definition) is 2. The lowest BCUT2D eigenvalue weighted by Gasteiger charge is -2.33. The fourth-order valence-corrected chi connectivity index (χ4v) is 2.08. The molecule has 0 radical (unpaired) electrons. The van der Waals surface area contributed by atoms with Gasteiger partial charge in [0.15, 0.2) is 0 Å². The summed E-state index contributed by atoms with van der Waals surface area (Å²) < 4.78 is 0. The van der Waals surface area contributed by atoms with Crippen LogP contribution in [-0.2, 0) is 0 Å². The van der Waals surface area contributed by atoms with Crippen LogP contribution in [-0.4, -0.2) is 48.3 Å². The summed E-state index contributed by atoms with van der Waals surface area (Å²) in [6.07, 6.45) is 2.21. The van der Waals surface area contributed by atoms with Gasteiger partial charge < -0.3 is 15.3 Å². The monoisotopic (exact) mass is 244 g/mol. The topological polar surface area (TPSA) is 35.5 Å². The molecular formula is C14H32N2O. The molecule has 104 valence electrons. The molecule has 0 aromatic carbocycles. The van der Waals surface area contributed by atoms with E-state index in [2.05, 4.69) is 51.9 Å². The first-order valence-electron chi connectivity index (χ1n) is 6.90. The number of nitrogens with zero attached hydrogens (tertiary/aromatic N) is 1. The second-order valence-corrected chi connectivity index (χ2v) is 6.04. The van der Waals surface area contributed by atoms with E-state index in [1.54, 1.807) is 0 Å². The fourth-order valence-electron chi connectivity index (χ4n) is 2.08. The molecule has 0 saturated carbocycles. The van der Waals surface area contributed by atoms with Crippen molar-refractivity contribution < 1.29 is 5.11 Å². The van der Waals surface area contributed by atoms with Gasteiger partial charge in [-0.15, -0.1) is 0 Å². The lowest BCUT2D eigenvalue weighted by molar-refractivity contribution is 0.140. The van der Waals surface area contributed by atoms with Crippen molar-refractivity contribution in [3.8, 4) is 0 Å². The number of aliphatic hydroxyl groups excluding tert-OH is 1. The summed E-state index contributed by atoms with van der Waals surface area (Å²) in [6, 6.07) is 0.409. The van der Waals surface area contributed by atoms with E-state index in [1.165, 1.54) is 6.42 Å². The lowest BCUT2D eigenvalue weighted by Crippen LogP contribution is -2.50. The summed E-state index contributed by atoms with van der Waals surface area (Å²) in [5, 5.41) is 12.9. The molecule has 0 amide bonds. The minimum atomic E-state index is -0.155. The second kappa shape index (κ2) is 8.06. The standard InChI is InChI=1S/C14H32N2O/c1-7-13(4)10-16(6)9-8-14(5,11-17)15-12(2)3/h12-13,15,17H,7-11H2,1-6H3. The maximum Gasteiger partial charge on any atom is 0.0611 e. The Labute approximate surface area is 108 Å². The van der Waals surface area contributed by atoms with Gasteiger partial charge in [0.05, 0.1) is 6.61 Å². The number of aliphatic hydroxyl groups is 1. The Morgan fingerprint density at radius 3 is 2.29 bits per heavy atom. The van der Waals surface area contributed by atoms with E-state index in [9.17, 15) is 5.11 Å². The second-order valence-electron chi connectivity index (χ2n) is 6.04. The zero-order chi connectivity index (χ0) is 13.5. The van der Waals surface area contributed by atoms with Crippen molar-refractivity contribution in [2.75, 3.05) is 26.7 Å². The highest BCUT2D eigenvalue weighted by atomic mass is 16.3. The summed E-state index contributed by atoms with van der Waals surface area (Å²) in [5.74, 6) is 0.749. The molecule has 3 nitrogen and oxygen atoms in total. The number of hydrogen-bond acceptors (Lipinski definition) is 3. The van der Waals surface area contributed by atoms with Gasteiger partial charge in [-0.3, -0.25) is 0 Å². The molecule has 0 bridgehead atoms. The van der Waals surface area contributed by atoms with Crippen LogP contribution in [0.3, 0.4) is 0 Å². The summed E-state index contributed by atoms with van der Waals surface area (Å²) in [6.45, 7) is 13.2. The molecule has 0 fully saturated rings. The van der Waals surface area contributed by atoms with Gasteiger partial charge in [-0.05, 0) is 32.9 Å². The summed E-state index contributed by atoms with van der Waals surface area (Å²) in [4.78, 5) is 2.37. The van der Waals surface area contributed by atoms with Gasteiger partial charge in [0, 0.05) is 18.1 Å². The first kappa shape index (κ1) is 16.9. The van der Waals surface area contributed by atoms with Crippen LogP contribution in [0.2, 0.25) is 0 Å². The first-order valence-corrected chi connectivity index (χ1v) is 6.90. The molecule has 0 saturated heterocycles. The average Bonchev–Trinajstić information content (AvgIpc) is 2.25. The molecular weight excluding hydrogens is 212 g/mol. The van der Waals surface area contributed by atoms with Gasteiger partial charge in [-0.2, -0.15) is 0 Å². The Balaban J connectivity index is 4.04. The Bertz CT molecular complexity index is 197. The fraction of sp³-hybridized carbons (Fsp3) is 1.00. The average molecular weight is 244 g/mol. The molecule has 0 aromatic heterocycles. The highest BCUT2D eigenvalue weighted by molar-refractivity contribution is 4.84. The van der Waals surface area contributed by atoms with E-state index in [4.69, 9.17) is 0 Å². The molecule has 2 unspecified atom stereocenters. The molecule has 2 atom stereocenters. The molecule has 0 rings (SSSR count). The van der Waals surface area contributed by atoms with Gasteiger partial charge in [-0.25, -0.2) is 0 Å². The van der Waals surface area contributed by atoms with Crippen LogP contribution < -0.4 is 5.32 Å². The minimum absolute atomic E-state index is 0.155. The van der Waals surface area contributed by atoms with Crippen molar-refractivity contribution in [2.45, 2.75) is 59.0 Å². The van der Waals surface area contributed by atoms with Gasteiger partial charge in [0.1, 0.15) is 0 Å². The van der Waals surface area contributed by atoms with Crippen molar-refractivity contribution in [3.05, 3.63) is 0 Å². The summed E-state index contributed by atoms with van der Waals surface area (Å²) in [5.41, 5.74) is -0.155. The van der Waals surface area contributed by atoms with Gasteiger partial charge in [0.25, 0.3) is 0 Å². The van der Waals surface area contributed by atoms with E-state index in [0.717, 1.165) is 25.4 Å². The summed E-state index contributed by atoms with van der Waals surface area (Å²) in [7, 11) is 2.17. The van der Waals surface area contributed by atoms with Gasteiger partial charge >= 0.3 is 0 Å². The summed E-state index contributed by atoms with van der Waals surface area (Å²) >= 11 is 0. The highest BCUT2D eigenvalue weighted by Crippen LogP contribution is 2.12. The quantitative estimate of drug-likeness (QED) is 0.652. The van der Waals surface area contributed by atoms with Crippen LogP contribution in [0.1, 0.15) is 47.5 Å². The molecule has 17 heavy (non-hydrogen) atoms. The predicted molar refractivity (Wildman–Crippen MR) is 75.3 cm³/mol. The smallest absolute Gasteiger partial charge is 0.0611 e. The largest absolute Gasteiger partial charge is 0.394 e. The van der Waals surface area contributed by atoms with Crippen molar-refractivity contribution in [3.63, 3.8) is 0 Å². The van der Waals surface area contributed by atoms with E-state index in [-0.39, 0.29) is 12.1 Å². The van der Waals surface area contributed by atoms with E-state index < -0.39 is 0 Å². The van der Waals surface area contributed by atoms with Crippen molar-refractivity contribution in [2.24, 2.45) is 5.92 Å². The molecule has 2 N–H and O–H groups in total. The highest BCUT2D eigenvalue weighted by Gasteiger charge is 2.24. The molecule has 0 aromatic rings. The first-order chi connectivity index (χ1) is 7.83. The molecule has 0 aliphatic carbocycles. The maximum absolute atomic E-state index is 9.49. The predicted octanol–water partition coefficient (Wildman–Crippen LogP) is 2.10. The van der Waals surface area contributed by atoms with Crippen LogP contribution in [0, 0.1) is 5.92 Å². The Hall–Kier alpha value is -0.120. The zero-order valence-electron chi connectivity index (χ0n) is 12.6. The third-order valence-corrected chi connectivity index (χ3v) is 3.35. The lowest BCUT2D eigenvalue weighted by atomic mass is 9.97. The third-order valence-electron chi connectivity index (χ3n) is 3.35. The van der Waals surface area contributed by atoms with Crippen LogP contribution >= 0.6 is 0 Å². The van der Waals surface area contributed by atoms with Crippen LogP contribution in [0.5, 0.6) is 0 Å². The van der Waals surface area contributed by atoms with Gasteiger partial charge in [-0.1, -0.05) is 34.1 Å². The van der Waals surface area contributed by atoms with Crippen molar-refractivity contribution >= 4 is 0 Å². The minimum Gasteiger partial charge on any atom is -0.394 e. The molecule has 3 heteroatoms. The molecule has 0 aliphatic rings. The van der Waals surface area contributed by atoms with E-state index in [1.807, 2.05) is 0 Å². The molecule has 0 heterocycles. The van der Waals surface area contributed by atoms with Crippen LogP contribution in [0.25, 0.3) is 0 Å². The zero-order valence-corrected chi connectivity index (χ0v) is 12.6. The van der Waals surface area contributed by atoms with Crippen LogP contribution in [0.15, 0.2) is 0 Å². The van der Waals surface area contributed by atoms with Crippen molar-refractivity contribution in [1.82, 2.24) is 10.2 Å². The maximum atomic E-state index is 9.49. The Morgan fingerprint density at radius 1 is 1.29 bits per heavy atom. The van der Waals surface area contributed by atoms with E-state index >= 15 is 0 Å². The Kier molecular flexibility index (Phi) is 8.01. The Morgan fingerprint density at radius 2 is 1.88 bits per heavy atom. The number of rotatable bonds is 9. The normalized spacial score (nSPS) is 17.5. The van der Waals surface area contributed by atoms with Crippen LogP contribution in [0.4, 0.5) is 0 Å². The SMILES string of the molecule is CCC(C)CN(C)CCC(C)(CO)NC(C)C. The molecule has 0 spiro atoms. The van der Waals surface area contributed by atoms with Crippen molar-refractivity contribution in [1.29, 1.82) is 0 Å². The van der Waals surface area contributed by atoms with Gasteiger partial charge in [0.2, 0.25) is 0 Å². The van der Waals surface area contributed by atoms with E-state index in [0.29, 0.717) is 6.04 Å². The number of nitrogens with one attached hydrogen (secondary N) is 1. The molecule has 0 aliphatic heterocycles.